The molecule has 0 aliphatic carbocycles. The van der Waals surface area contributed by atoms with Crippen molar-refractivity contribution < 1.29 is 33.3 Å². The summed E-state index contributed by atoms with van der Waals surface area (Å²) in [5.74, 6) is -0.477. The molecular formula is C24H24O7. The van der Waals surface area contributed by atoms with E-state index in [-0.39, 0.29) is 18.2 Å². The van der Waals surface area contributed by atoms with Gasteiger partial charge in [-0.05, 0) is 34.4 Å². The average Bonchev–Trinajstić information content (AvgIpc) is 3.28. The van der Waals surface area contributed by atoms with Crippen LogP contribution in [0.4, 0.5) is 0 Å². The van der Waals surface area contributed by atoms with Gasteiger partial charge in [-0.1, -0.05) is 24.3 Å². The fourth-order valence-electron chi connectivity index (χ4n) is 3.84. The summed E-state index contributed by atoms with van der Waals surface area (Å²) in [7, 11) is 0. The molecule has 0 radical (unpaired) electrons. The van der Waals surface area contributed by atoms with Gasteiger partial charge in [-0.15, -0.1) is 0 Å². The van der Waals surface area contributed by atoms with E-state index in [0.717, 1.165) is 47.8 Å². The number of rotatable bonds is 4. The Morgan fingerprint density at radius 3 is 1.90 bits per heavy atom. The summed E-state index contributed by atoms with van der Waals surface area (Å²) in [4.78, 5) is 33.0. The molecule has 7 heteroatoms. The third-order valence-electron chi connectivity index (χ3n) is 5.40. The Hall–Kier alpha value is -3.03. The fraction of sp³-hybridized carbons (Fsp3) is 0.375. The molecule has 1 saturated heterocycles. The standard InChI is InChI=1S/C13H14O4.C11H10O3/c14-13-11-2-1-9(7-10(11)3-4-17-13)8-12-15-5-6-16-12;12-5-3-8-1-2-10-9(7-8)4-6-14-11(10)13/h1-2,7,12H,3-6,8H2;1-2,5,7H,3-4,6H2. The zero-order chi connectivity index (χ0) is 21.6. The summed E-state index contributed by atoms with van der Waals surface area (Å²) in [6.45, 7) is 2.26. The molecule has 3 heterocycles. The molecule has 3 aliphatic rings. The first-order valence-electron chi connectivity index (χ1n) is 10.4. The molecule has 2 aromatic rings. The molecule has 5 rings (SSSR count). The van der Waals surface area contributed by atoms with Crippen LogP contribution < -0.4 is 0 Å². The summed E-state index contributed by atoms with van der Waals surface area (Å²) in [6.07, 6.45) is 3.41. The molecule has 3 aliphatic heterocycles. The Balaban J connectivity index is 0.000000152. The van der Waals surface area contributed by atoms with Crippen molar-refractivity contribution in [1.82, 2.24) is 0 Å². The number of carbonyl (C=O) groups excluding carboxylic acids is 3. The van der Waals surface area contributed by atoms with E-state index in [1.807, 2.05) is 18.2 Å². The third kappa shape index (κ3) is 5.18. The lowest BCUT2D eigenvalue weighted by molar-refractivity contribution is -0.107. The molecule has 0 unspecified atom stereocenters. The first kappa shape index (κ1) is 21.2. The Morgan fingerprint density at radius 2 is 1.32 bits per heavy atom. The predicted molar refractivity (Wildman–Crippen MR) is 110 cm³/mol. The second-order valence-corrected chi connectivity index (χ2v) is 7.50. The normalized spacial score (nSPS) is 17.5. The number of esters is 2. The predicted octanol–water partition coefficient (Wildman–Crippen LogP) is 2.46. The van der Waals surface area contributed by atoms with Gasteiger partial charge in [0.05, 0.1) is 37.6 Å². The molecule has 0 aromatic heterocycles. The highest BCUT2D eigenvalue weighted by atomic mass is 16.7. The summed E-state index contributed by atoms with van der Waals surface area (Å²) in [5, 5.41) is 0. The Kier molecular flexibility index (Phi) is 6.74. The minimum absolute atomic E-state index is 0.136. The van der Waals surface area contributed by atoms with Crippen molar-refractivity contribution in [3.8, 4) is 0 Å². The fourth-order valence-corrected chi connectivity index (χ4v) is 3.84. The zero-order valence-electron chi connectivity index (χ0n) is 17.1. The molecule has 31 heavy (non-hydrogen) atoms. The first-order chi connectivity index (χ1) is 15.1. The van der Waals surface area contributed by atoms with Gasteiger partial charge in [-0.3, -0.25) is 0 Å². The Morgan fingerprint density at radius 1 is 0.774 bits per heavy atom. The van der Waals surface area contributed by atoms with Crippen LogP contribution in [0.1, 0.15) is 43.0 Å². The summed E-state index contributed by atoms with van der Waals surface area (Å²) in [6, 6.07) is 11.3. The van der Waals surface area contributed by atoms with Crippen LogP contribution in [-0.2, 0) is 49.4 Å². The smallest absolute Gasteiger partial charge is 0.338 e. The number of aldehydes is 1. The number of cyclic esters (lactones) is 2. The number of hydrogen-bond donors (Lipinski definition) is 0. The highest BCUT2D eigenvalue weighted by Crippen LogP contribution is 2.21. The molecule has 7 nitrogen and oxygen atoms in total. The highest BCUT2D eigenvalue weighted by molar-refractivity contribution is 5.92. The molecule has 0 amide bonds. The average molecular weight is 424 g/mol. The van der Waals surface area contributed by atoms with Crippen molar-refractivity contribution >= 4 is 18.2 Å². The quantitative estimate of drug-likeness (QED) is 0.550. The maximum atomic E-state index is 11.5. The van der Waals surface area contributed by atoms with Crippen molar-refractivity contribution in [3.63, 3.8) is 0 Å². The second-order valence-electron chi connectivity index (χ2n) is 7.50. The molecule has 162 valence electrons. The third-order valence-corrected chi connectivity index (χ3v) is 5.40. The molecule has 1 fully saturated rings. The van der Waals surface area contributed by atoms with Crippen LogP contribution in [0.5, 0.6) is 0 Å². The lowest BCUT2D eigenvalue weighted by atomic mass is 9.98. The maximum Gasteiger partial charge on any atom is 0.338 e. The molecule has 0 saturated carbocycles. The van der Waals surface area contributed by atoms with Crippen LogP contribution in [0.2, 0.25) is 0 Å². The van der Waals surface area contributed by atoms with Crippen LogP contribution in [0.3, 0.4) is 0 Å². The van der Waals surface area contributed by atoms with Gasteiger partial charge in [0.15, 0.2) is 6.29 Å². The van der Waals surface area contributed by atoms with E-state index in [4.69, 9.17) is 18.9 Å². The summed E-state index contributed by atoms with van der Waals surface area (Å²) in [5.41, 5.74) is 5.47. The number of carbonyl (C=O) groups is 3. The van der Waals surface area contributed by atoms with E-state index in [1.54, 1.807) is 12.1 Å². The molecule has 0 N–H and O–H groups in total. The number of hydrogen-bond acceptors (Lipinski definition) is 7. The van der Waals surface area contributed by atoms with Gasteiger partial charge in [0, 0.05) is 25.7 Å². The van der Waals surface area contributed by atoms with Gasteiger partial charge in [-0.2, -0.15) is 0 Å². The summed E-state index contributed by atoms with van der Waals surface area (Å²) >= 11 is 0. The molecule has 0 bridgehead atoms. The molecule has 0 spiro atoms. The van der Waals surface area contributed by atoms with Gasteiger partial charge in [-0.25, -0.2) is 9.59 Å². The second kappa shape index (κ2) is 9.85. The Bertz CT molecular complexity index is 976. The van der Waals surface area contributed by atoms with Gasteiger partial charge in [0.2, 0.25) is 0 Å². The van der Waals surface area contributed by atoms with Gasteiger partial charge >= 0.3 is 11.9 Å². The van der Waals surface area contributed by atoms with Crippen LogP contribution in [0.15, 0.2) is 36.4 Å². The molecule has 0 atom stereocenters. The van der Waals surface area contributed by atoms with Crippen LogP contribution in [0.25, 0.3) is 0 Å². The molecular weight excluding hydrogens is 400 g/mol. The number of benzene rings is 2. The van der Waals surface area contributed by atoms with Crippen molar-refractivity contribution in [1.29, 1.82) is 0 Å². The number of fused-ring (bicyclic) bond motifs is 2. The van der Waals surface area contributed by atoms with Gasteiger partial charge in [0.25, 0.3) is 0 Å². The van der Waals surface area contributed by atoms with E-state index in [1.165, 1.54) is 0 Å². The van der Waals surface area contributed by atoms with Crippen LogP contribution in [-0.4, -0.2) is 50.9 Å². The van der Waals surface area contributed by atoms with E-state index in [9.17, 15) is 14.4 Å². The van der Waals surface area contributed by atoms with E-state index in [2.05, 4.69) is 6.07 Å². The number of ether oxygens (including phenoxy) is 4. The van der Waals surface area contributed by atoms with E-state index in [0.29, 0.717) is 44.0 Å². The van der Waals surface area contributed by atoms with Crippen LogP contribution >= 0.6 is 0 Å². The SMILES string of the molecule is O=C1OCCc2cc(CC3OCCO3)ccc21.O=CCc1ccc2c(c1)CCOC2=O. The topological polar surface area (TPSA) is 88.1 Å². The minimum Gasteiger partial charge on any atom is -0.462 e. The largest absolute Gasteiger partial charge is 0.462 e. The van der Waals surface area contributed by atoms with E-state index >= 15 is 0 Å². The van der Waals surface area contributed by atoms with Crippen molar-refractivity contribution in [3.05, 3.63) is 69.8 Å². The molecule has 2 aromatic carbocycles. The van der Waals surface area contributed by atoms with Crippen LogP contribution in [0, 0.1) is 0 Å². The van der Waals surface area contributed by atoms with E-state index < -0.39 is 0 Å². The Labute approximate surface area is 180 Å². The van der Waals surface area contributed by atoms with Crippen molar-refractivity contribution in [2.24, 2.45) is 0 Å². The minimum atomic E-state index is -0.260. The van der Waals surface area contributed by atoms with Gasteiger partial charge < -0.3 is 23.7 Å². The van der Waals surface area contributed by atoms with Gasteiger partial charge in [0.1, 0.15) is 6.29 Å². The first-order valence-corrected chi connectivity index (χ1v) is 10.4. The van der Waals surface area contributed by atoms with Crippen molar-refractivity contribution in [2.75, 3.05) is 26.4 Å². The van der Waals surface area contributed by atoms with Crippen molar-refractivity contribution in [2.45, 2.75) is 32.0 Å². The summed E-state index contributed by atoms with van der Waals surface area (Å²) < 4.78 is 20.7. The maximum absolute atomic E-state index is 11.5. The lowest BCUT2D eigenvalue weighted by Gasteiger charge is -2.17. The highest BCUT2D eigenvalue weighted by Gasteiger charge is 2.21. The lowest BCUT2D eigenvalue weighted by Crippen LogP contribution is -2.18. The zero-order valence-corrected chi connectivity index (χ0v) is 17.1. The monoisotopic (exact) mass is 424 g/mol.